The second kappa shape index (κ2) is 7.80. The van der Waals surface area contributed by atoms with Gasteiger partial charge in [-0.05, 0) is 55.2 Å². The van der Waals surface area contributed by atoms with Crippen LogP contribution in [0.15, 0.2) is 53.4 Å². The lowest BCUT2D eigenvalue weighted by atomic mass is 9.98. The minimum absolute atomic E-state index is 0.0149. The molecule has 2 aromatic rings. The molecule has 1 N–H and O–H groups in total. The van der Waals surface area contributed by atoms with Crippen LogP contribution in [0.4, 0.5) is 5.69 Å². The van der Waals surface area contributed by atoms with E-state index in [0.717, 1.165) is 12.8 Å². The van der Waals surface area contributed by atoms with Crippen LogP contribution in [0.25, 0.3) is 0 Å². The second-order valence-corrected chi connectivity index (χ2v) is 8.48. The van der Waals surface area contributed by atoms with Crippen LogP contribution < -0.4 is 4.72 Å². The quantitative estimate of drug-likeness (QED) is 0.878. The molecule has 0 saturated carbocycles. The van der Waals surface area contributed by atoms with Crippen molar-refractivity contribution in [2.24, 2.45) is 5.92 Å². The van der Waals surface area contributed by atoms with E-state index < -0.39 is 10.0 Å². The van der Waals surface area contributed by atoms with Crippen molar-refractivity contribution in [1.82, 2.24) is 4.90 Å². The molecule has 6 nitrogen and oxygen atoms in total. The van der Waals surface area contributed by atoms with Gasteiger partial charge in [0.25, 0.3) is 15.9 Å². The highest BCUT2D eigenvalue weighted by molar-refractivity contribution is 7.92. The summed E-state index contributed by atoms with van der Waals surface area (Å²) in [6.07, 6.45) is 1.92. The van der Waals surface area contributed by atoms with Gasteiger partial charge in [-0.25, -0.2) is 8.42 Å². The summed E-state index contributed by atoms with van der Waals surface area (Å²) in [5, 5.41) is 8.95. The average molecular weight is 383 g/mol. The Bertz CT molecular complexity index is 988. The zero-order chi connectivity index (χ0) is 19.4. The molecule has 0 aromatic heterocycles. The summed E-state index contributed by atoms with van der Waals surface area (Å²) in [6.45, 7) is 3.55. The van der Waals surface area contributed by atoms with Crippen molar-refractivity contribution >= 4 is 21.6 Å². The Hall–Kier alpha value is -2.85. The molecule has 1 aliphatic rings. The van der Waals surface area contributed by atoms with Crippen molar-refractivity contribution in [3.8, 4) is 6.07 Å². The van der Waals surface area contributed by atoms with Crippen LogP contribution in [-0.4, -0.2) is 32.3 Å². The molecular weight excluding hydrogens is 362 g/mol. The van der Waals surface area contributed by atoms with Gasteiger partial charge >= 0.3 is 0 Å². The molecule has 0 unspecified atom stereocenters. The first kappa shape index (κ1) is 18.9. The highest BCUT2D eigenvalue weighted by atomic mass is 32.2. The van der Waals surface area contributed by atoms with E-state index in [1.54, 1.807) is 35.2 Å². The Kier molecular flexibility index (Phi) is 5.47. The molecule has 1 heterocycles. The number of amides is 1. The molecule has 1 amide bonds. The molecule has 0 aliphatic carbocycles. The number of anilines is 1. The number of carbonyl (C=O) groups is 1. The number of nitriles is 1. The van der Waals surface area contributed by atoms with E-state index in [4.69, 9.17) is 5.26 Å². The Morgan fingerprint density at radius 1 is 1.15 bits per heavy atom. The van der Waals surface area contributed by atoms with E-state index in [9.17, 15) is 13.2 Å². The van der Waals surface area contributed by atoms with Gasteiger partial charge in [-0.3, -0.25) is 9.52 Å². The second-order valence-electron chi connectivity index (χ2n) is 6.80. The normalized spacial score (nSPS) is 15.2. The monoisotopic (exact) mass is 383 g/mol. The lowest BCUT2D eigenvalue weighted by Crippen LogP contribution is -2.37. The minimum Gasteiger partial charge on any atom is -0.339 e. The largest absolute Gasteiger partial charge is 0.339 e. The average Bonchev–Trinajstić information content (AvgIpc) is 2.68. The van der Waals surface area contributed by atoms with Gasteiger partial charge in [-0.15, -0.1) is 0 Å². The first-order valence-electron chi connectivity index (χ1n) is 8.81. The maximum absolute atomic E-state index is 12.7. The first-order valence-corrected chi connectivity index (χ1v) is 10.3. The summed E-state index contributed by atoms with van der Waals surface area (Å²) in [5.74, 6) is 0.458. The van der Waals surface area contributed by atoms with Crippen LogP contribution in [0.3, 0.4) is 0 Å². The predicted molar refractivity (Wildman–Crippen MR) is 103 cm³/mol. The molecule has 3 rings (SSSR count). The molecule has 1 saturated heterocycles. The lowest BCUT2D eigenvalue weighted by molar-refractivity contribution is 0.0697. The van der Waals surface area contributed by atoms with Crippen LogP contribution >= 0.6 is 0 Å². The van der Waals surface area contributed by atoms with Crippen molar-refractivity contribution in [3.63, 3.8) is 0 Å². The third-order valence-corrected chi connectivity index (χ3v) is 6.08. The summed E-state index contributed by atoms with van der Waals surface area (Å²) in [7, 11) is -3.86. The lowest BCUT2D eigenvalue weighted by Gasteiger charge is -2.30. The number of benzene rings is 2. The predicted octanol–water partition coefficient (Wildman–Crippen LogP) is 3.23. The fourth-order valence-electron chi connectivity index (χ4n) is 3.06. The molecule has 2 aromatic carbocycles. The summed E-state index contributed by atoms with van der Waals surface area (Å²) in [6, 6.07) is 14.3. The van der Waals surface area contributed by atoms with Gasteiger partial charge < -0.3 is 4.90 Å². The van der Waals surface area contributed by atoms with Gasteiger partial charge in [0.1, 0.15) is 0 Å². The van der Waals surface area contributed by atoms with Crippen LogP contribution in [0.1, 0.15) is 35.7 Å². The van der Waals surface area contributed by atoms with E-state index in [2.05, 4.69) is 11.6 Å². The molecule has 1 aliphatic heterocycles. The fourth-order valence-corrected chi connectivity index (χ4v) is 4.15. The summed E-state index contributed by atoms with van der Waals surface area (Å²) in [5.41, 5.74) is 1.02. The number of hydrogen-bond acceptors (Lipinski definition) is 4. The highest BCUT2D eigenvalue weighted by Gasteiger charge is 2.23. The minimum atomic E-state index is -3.86. The van der Waals surface area contributed by atoms with Gasteiger partial charge in [0.05, 0.1) is 22.2 Å². The van der Waals surface area contributed by atoms with Crippen LogP contribution in [0.2, 0.25) is 0 Å². The third kappa shape index (κ3) is 4.47. The maximum atomic E-state index is 12.7. The first-order chi connectivity index (χ1) is 12.9. The zero-order valence-electron chi connectivity index (χ0n) is 15.1. The van der Waals surface area contributed by atoms with Crippen molar-refractivity contribution < 1.29 is 13.2 Å². The topological polar surface area (TPSA) is 90.3 Å². The van der Waals surface area contributed by atoms with E-state index in [1.807, 2.05) is 6.07 Å². The smallest absolute Gasteiger partial charge is 0.261 e. The molecule has 1 fully saturated rings. The number of sulfonamides is 1. The molecule has 140 valence electrons. The Morgan fingerprint density at radius 2 is 1.85 bits per heavy atom. The SMILES string of the molecule is CC1CCN(C(=O)c2cccc(S(=O)(=O)Nc3cccc(C#N)c3)c2)CC1. The third-order valence-electron chi connectivity index (χ3n) is 4.71. The van der Waals surface area contributed by atoms with E-state index in [-0.39, 0.29) is 10.8 Å². The number of carbonyl (C=O) groups excluding carboxylic acids is 1. The molecular formula is C20H21N3O3S. The van der Waals surface area contributed by atoms with E-state index >= 15 is 0 Å². The summed E-state index contributed by atoms with van der Waals surface area (Å²) < 4.78 is 27.8. The number of likely N-dealkylation sites (tertiary alicyclic amines) is 1. The van der Waals surface area contributed by atoms with Gasteiger partial charge in [0, 0.05) is 18.7 Å². The van der Waals surface area contributed by atoms with E-state index in [1.165, 1.54) is 18.2 Å². The highest BCUT2D eigenvalue weighted by Crippen LogP contribution is 2.21. The van der Waals surface area contributed by atoms with Gasteiger partial charge in [-0.2, -0.15) is 5.26 Å². The van der Waals surface area contributed by atoms with Gasteiger partial charge in [-0.1, -0.05) is 19.1 Å². The maximum Gasteiger partial charge on any atom is 0.261 e. The number of nitrogens with zero attached hydrogens (tertiary/aromatic N) is 2. The molecule has 7 heteroatoms. The van der Waals surface area contributed by atoms with Crippen molar-refractivity contribution in [1.29, 1.82) is 5.26 Å². The number of nitrogens with one attached hydrogen (secondary N) is 1. The molecule has 0 atom stereocenters. The number of piperidine rings is 1. The van der Waals surface area contributed by atoms with Crippen LogP contribution in [0, 0.1) is 17.2 Å². The Morgan fingerprint density at radius 3 is 2.56 bits per heavy atom. The van der Waals surface area contributed by atoms with Crippen molar-refractivity contribution in [2.75, 3.05) is 17.8 Å². The Balaban J connectivity index is 1.81. The molecule has 0 bridgehead atoms. The molecule has 0 radical (unpaired) electrons. The van der Waals surface area contributed by atoms with Gasteiger partial charge in [0.2, 0.25) is 0 Å². The van der Waals surface area contributed by atoms with E-state index in [0.29, 0.717) is 35.8 Å². The number of hydrogen-bond donors (Lipinski definition) is 1. The zero-order valence-corrected chi connectivity index (χ0v) is 15.9. The van der Waals surface area contributed by atoms with Crippen molar-refractivity contribution in [3.05, 3.63) is 59.7 Å². The Labute approximate surface area is 159 Å². The number of rotatable bonds is 4. The van der Waals surface area contributed by atoms with Crippen LogP contribution in [-0.2, 0) is 10.0 Å². The molecule has 0 spiro atoms. The van der Waals surface area contributed by atoms with Crippen molar-refractivity contribution in [2.45, 2.75) is 24.7 Å². The summed E-state index contributed by atoms with van der Waals surface area (Å²) >= 11 is 0. The van der Waals surface area contributed by atoms with Gasteiger partial charge in [0.15, 0.2) is 0 Å². The summed E-state index contributed by atoms with van der Waals surface area (Å²) in [4.78, 5) is 14.5. The van der Waals surface area contributed by atoms with Crippen LogP contribution in [0.5, 0.6) is 0 Å². The molecule has 27 heavy (non-hydrogen) atoms. The fraction of sp³-hybridized carbons (Fsp3) is 0.300. The standard InChI is InChI=1S/C20H21N3O3S/c1-15-8-10-23(11-9-15)20(24)17-5-3-7-19(13-17)27(25,26)22-18-6-2-4-16(12-18)14-21/h2-7,12-13,15,22H,8-11H2,1H3.